The predicted octanol–water partition coefficient (Wildman–Crippen LogP) is 5.17. The van der Waals surface area contributed by atoms with Crippen molar-refractivity contribution in [3.8, 4) is 0 Å². The molecule has 2 aromatic carbocycles. The Kier molecular flexibility index (Phi) is 7.58. The molecule has 152 valence electrons. The molecule has 3 rings (SSSR count). The molecule has 1 N–H and O–H groups in total. The summed E-state index contributed by atoms with van der Waals surface area (Å²) in [5.74, 6) is 1.05. The van der Waals surface area contributed by atoms with E-state index in [1.165, 1.54) is 17.3 Å². The van der Waals surface area contributed by atoms with Crippen molar-refractivity contribution < 1.29 is 4.79 Å². The zero-order valence-electron chi connectivity index (χ0n) is 16.2. The monoisotopic (exact) mass is 448 g/mol. The highest BCUT2D eigenvalue weighted by Gasteiger charge is 2.16. The lowest BCUT2D eigenvalue weighted by Gasteiger charge is -2.16. The van der Waals surface area contributed by atoms with E-state index in [2.05, 4.69) is 27.6 Å². The SMILES string of the molecule is CCn1c(Cc2ccccc2)nnc1SCC(=O)NC(C)c1ccc(Cl)cc1Cl. The lowest BCUT2D eigenvalue weighted by atomic mass is 10.1. The van der Waals surface area contributed by atoms with E-state index in [9.17, 15) is 4.79 Å². The average molecular weight is 449 g/mol. The van der Waals surface area contributed by atoms with Gasteiger partial charge in [-0.05, 0) is 37.1 Å². The number of hydrogen-bond acceptors (Lipinski definition) is 4. The summed E-state index contributed by atoms with van der Waals surface area (Å²) in [6.45, 7) is 4.69. The lowest BCUT2D eigenvalue weighted by Crippen LogP contribution is -2.28. The number of nitrogens with zero attached hydrogens (tertiary/aromatic N) is 3. The van der Waals surface area contributed by atoms with Gasteiger partial charge in [-0.25, -0.2) is 0 Å². The Labute approximate surface area is 184 Å². The van der Waals surface area contributed by atoms with Crippen LogP contribution in [0.25, 0.3) is 0 Å². The van der Waals surface area contributed by atoms with Gasteiger partial charge in [-0.2, -0.15) is 0 Å². The van der Waals surface area contributed by atoms with Crippen molar-refractivity contribution in [2.45, 2.75) is 38.0 Å². The van der Waals surface area contributed by atoms with E-state index in [0.717, 1.165) is 23.1 Å². The molecule has 0 fully saturated rings. The summed E-state index contributed by atoms with van der Waals surface area (Å²) in [7, 11) is 0. The zero-order chi connectivity index (χ0) is 20.8. The third-order valence-corrected chi connectivity index (χ3v) is 5.98. The van der Waals surface area contributed by atoms with E-state index in [4.69, 9.17) is 23.2 Å². The van der Waals surface area contributed by atoms with Crippen LogP contribution in [0.2, 0.25) is 10.0 Å². The number of carbonyl (C=O) groups excluding carboxylic acids is 1. The molecular weight excluding hydrogens is 427 g/mol. The van der Waals surface area contributed by atoms with E-state index in [1.807, 2.05) is 42.7 Å². The summed E-state index contributed by atoms with van der Waals surface area (Å²) in [5.41, 5.74) is 2.01. The molecule has 5 nitrogen and oxygen atoms in total. The highest BCUT2D eigenvalue weighted by molar-refractivity contribution is 7.99. The van der Waals surface area contributed by atoms with Gasteiger partial charge in [0.1, 0.15) is 5.82 Å². The van der Waals surface area contributed by atoms with Gasteiger partial charge in [-0.1, -0.05) is 71.4 Å². The summed E-state index contributed by atoms with van der Waals surface area (Å²) in [6.07, 6.45) is 0.709. The van der Waals surface area contributed by atoms with E-state index >= 15 is 0 Å². The number of aromatic nitrogens is 3. The number of nitrogens with one attached hydrogen (secondary N) is 1. The topological polar surface area (TPSA) is 59.8 Å². The molecule has 3 aromatic rings. The number of amides is 1. The molecule has 0 spiro atoms. The van der Waals surface area contributed by atoms with Crippen LogP contribution in [-0.2, 0) is 17.8 Å². The first-order chi connectivity index (χ1) is 14.0. The van der Waals surface area contributed by atoms with Gasteiger partial charge < -0.3 is 9.88 Å². The van der Waals surface area contributed by atoms with Gasteiger partial charge >= 0.3 is 0 Å². The number of carbonyl (C=O) groups is 1. The maximum atomic E-state index is 12.4. The fourth-order valence-electron chi connectivity index (χ4n) is 3.00. The molecule has 0 aliphatic carbocycles. The summed E-state index contributed by atoms with van der Waals surface area (Å²) in [6, 6.07) is 15.2. The fourth-order valence-corrected chi connectivity index (χ4v) is 4.40. The second kappa shape index (κ2) is 10.1. The van der Waals surface area contributed by atoms with Crippen LogP contribution in [0, 0.1) is 0 Å². The molecule has 0 saturated carbocycles. The van der Waals surface area contributed by atoms with Gasteiger partial charge in [0.25, 0.3) is 0 Å². The third-order valence-electron chi connectivity index (χ3n) is 4.45. The van der Waals surface area contributed by atoms with Gasteiger partial charge in [0.05, 0.1) is 11.8 Å². The van der Waals surface area contributed by atoms with Crippen LogP contribution in [0.4, 0.5) is 0 Å². The van der Waals surface area contributed by atoms with Crippen molar-refractivity contribution in [1.82, 2.24) is 20.1 Å². The van der Waals surface area contributed by atoms with E-state index in [-0.39, 0.29) is 17.7 Å². The number of benzene rings is 2. The normalized spacial score (nSPS) is 12.0. The highest BCUT2D eigenvalue weighted by Crippen LogP contribution is 2.26. The average Bonchev–Trinajstić information content (AvgIpc) is 3.08. The predicted molar refractivity (Wildman–Crippen MR) is 119 cm³/mol. The van der Waals surface area contributed by atoms with Gasteiger partial charge in [0.2, 0.25) is 5.91 Å². The maximum Gasteiger partial charge on any atom is 0.230 e. The van der Waals surface area contributed by atoms with Gasteiger partial charge in [-0.3, -0.25) is 4.79 Å². The van der Waals surface area contributed by atoms with Gasteiger partial charge in [-0.15, -0.1) is 10.2 Å². The molecule has 1 aromatic heterocycles. The standard InChI is InChI=1S/C21H22Cl2N4OS/c1-3-27-19(11-15-7-5-4-6-8-15)25-26-21(27)29-13-20(28)24-14(2)17-10-9-16(22)12-18(17)23/h4-10,12,14H,3,11,13H2,1-2H3,(H,24,28). The summed E-state index contributed by atoms with van der Waals surface area (Å²) < 4.78 is 2.05. The number of halogens is 2. The van der Waals surface area contributed by atoms with Crippen LogP contribution >= 0.6 is 35.0 Å². The molecule has 1 heterocycles. The van der Waals surface area contributed by atoms with Crippen LogP contribution in [-0.4, -0.2) is 26.4 Å². The smallest absolute Gasteiger partial charge is 0.230 e. The molecule has 0 bridgehead atoms. The first-order valence-corrected chi connectivity index (χ1v) is 11.0. The first-order valence-electron chi connectivity index (χ1n) is 9.31. The van der Waals surface area contributed by atoms with Gasteiger partial charge in [0.15, 0.2) is 5.16 Å². The van der Waals surface area contributed by atoms with Crippen LogP contribution in [0.1, 0.15) is 36.8 Å². The largest absolute Gasteiger partial charge is 0.349 e. The Morgan fingerprint density at radius 1 is 1.17 bits per heavy atom. The summed E-state index contributed by atoms with van der Waals surface area (Å²) in [5, 5.41) is 13.4. The Hall–Kier alpha value is -2.02. The van der Waals surface area contributed by atoms with Crippen molar-refractivity contribution in [3.63, 3.8) is 0 Å². The molecule has 0 aliphatic heterocycles. The fraction of sp³-hybridized carbons (Fsp3) is 0.286. The van der Waals surface area contributed by atoms with Crippen molar-refractivity contribution in [1.29, 1.82) is 0 Å². The third kappa shape index (κ3) is 5.75. The Bertz CT molecular complexity index is 978. The van der Waals surface area contributed by atoms with Crippen LogP contribution in [0.3, 0.4) is 0 Å². The molecular formula is C21H22Cl2N4OS. The molecule has 8 heteroatoms. The molecule has 29 heavy (non-hydrogen) atoms. The van der Waals surface area contributed by atoms with E-state index in [1.54, 1.807) is 12.1 Å². The van der Waals surface area contributed by atoms with E-state index < -0.39 is 0 Å². The highest BCUT2D eigenvalue weighted by atomic mass is 35.5. The lowest BCUT2D eigenvalue weighted by molar-refractivity contribution is -0.119. The van der Waals surface area contributed by atoms with Crippen molar-refractivity contribution in [2.24, 2.45) is 0 Å². The summed E-state index contributed by atoms with van der Waals surface area (Å²) in [4.78, 5) is 12.4. The zero-order valence-corrected chi connectivity index (χ0v) is 18.6. The minimum absolute atomic E-state index is 0.0937. The number of rotatable bonds is 8. The first kappa shape index (κ1) is 21.7. The van der Waals surface area contributed by atoms with Gasteiger partial charge in [0, 0.05) is 23.0 Å². The molecule has 0 radical (unpaired) electrons. The van der Waals surface area contributed by atoms with Crippen LogP contribution in [0.15, 0.2) is 53.7 Å². The minimum Gasteiger partial charge on any atom is -0.349 e. The number of hydrogen-bond donors (Lipinski definition) is 1. The molecule has 0 aliphatic rings. The van der Waals surface area contributed by atoms with Crippen LogP contribution in [0.5, 0.6) is 0 Å². The molecule has 1 unspecified atom stereocenters. The maximum absolute atomic E-state index is 12.4. The van der Waals surface area contributed by atoms with E-state index in [0.29, 0.717) is 16.5 Å². The van der Waals surface area contributed by atoms with Crippen molar-refractivity contribution in [2.75, 3.05) is 5.75 Å². The Morgan fingerprint density at radius 2 is 1.93 bits per heavy atom. The van der Waals surface area contributed by atoms with Crippen molar-refractivity contribution in [3.05, 3.63) is 75.5 Å². The van der Waals surface area contributed by atoms with Crippen molar-refractivity contribution >= 4 is 40.9 Å². The second-order valence-corrected chi connectivity index (χ2v) is 8.34. The summed E-state index contributed by atoms with van der Waals surface area (Å²) >= 11 is 13.5. The second-order valence-electron chi connectivity index (χ2n) is 6.55. The Morgan fingerprint density at radius 3 is 2.62 bits per heavy atom. The molecule has 0 saturated heterocycles. The quantitative estimate of drug-likeness (QED) is 0.483. The molecule has 1 atom stereocenters. The Balaban J connectivity index is 1.60. The minimum atomic E-state index is -0.217. The number of thioether (sulfide) groups is 1. The molecule has 1 amide bonds. The van der Waals surface area contributed by atoms with Crippen LogP contribution < -0.4 is 5.32 Å².